The van der Waals surface area contributed by atoms with Crippen LogP contribution >= 0.6 is 0 Å². The van der Waals surface area contributed by atoms with Crippen LogP contribution in [0.15, 0.2) is 12.3 Å². The molecule has 9 nitrogen and oxygen atoms in total. The van der Waals surface area contributed by atoms with Gasteiger partial charge in [-0.1, -0.05) is 0 Å². The first-order chi connectivity index (χ1) is 9.54. The fourth-order valence-electron chi connectivity index (χ4n) is 1.71. The Labute approximate surface area is 120 Å². The number of nitro groups is 1. The van der Waals surface area contributed by atoms with E-state index in [0.29, 0.717) is 0 Å². The molecule has 1 amide bonds. The van der Waals surface area contributed by atoms with Gasteiger partial charge in [0.15, 0.2) is 0 Å². The summed E-state index contributed by atoms with van der Waals surface area (Å²) in [6, 6.07) is 0.991. The molecule has 3 N–H and O–H groups in total. The molecule has 0 unspecified atom stereocenters. The number of hydrogen-bond donors (Lipinski definition) is 2. The predicted molar refractivity (Wildman–Crippen MR) is 74.1 cm³/mol. The van der Waals surface area contributed by atoms with Gasteiger partial charge >= 0.3 is 5.97 Å². The predicted octanol–water partition coefficient (Wildman–Crippen LogP) is 0.778. The van der Waals surface area contributed by atoms with Crippen LogP contribution in [-0.2, 0) is 4.79 Å². The molecule has 114 valence electrons. The minimum Gasteiger partial charge on any atom is -0.480 e. The van der Waals surface area contributed by atoms with Gasteiger partial charge in [-0.05, 0) is 20.8 Å². The molecule has 0 bridgehead atoms. The minimum atomic E-state index is -1.12. The molecule has 0 atom stereocenters. The van der Waals surface area contributed by atoms with Gasteiger partial charge in [-0.25, -0.2) is 4.98 Å². The summed E-state index contributed by atoms with van der Waals surface area (Å²) in [6.07, 6.45) is 0.961. The molecule has 0 spiro atoms. The quantitative estimate of drug-likeness (QED) is 0.604. The first-order valence-electron chi connectivity index (χ1n) is 5.97. The van der Waals surface area contributed by atoms with Crippen molar-refractivity contribution in [1.29, 1.82) is 0 Å². The van der Waals surface area contributed by atoms with E-state index < -0.39 is 34.6 Å². The number of carbonyl (C=O) groups is 2. The van der Waals surface area contributed by atoms with Crippen LogP contribution < -0.4 is 10.6 Å². The Morgan fingerprint density at radius 1 is 1.48 bits per heavy atom. The Bertz CT molecular complexity index is 594. The number of aromatic nitrogens is 1. The number of amides is 1. The zero-order valence-electron chi connectivity index (χ0n) is 11.9. The fraction of sp³-hybridized carbons (Fsp3) is 0.417. The van der Waals surface area contributed by atoms with E-state index in [4.69, 9.17) is 10.8 Å². The Morgan fingerprint density at radius 3 is 2.43 bits per heavy atom. The Hall–Kier alpha value is -2.71. The molecule has 0 saturated heterocycles. The number of rotatable bonds is 5. The maximum absolute atomic E-state index is 11.5. The van der Waals surface area contributed by atoms with Gasteiger partial charge in [-0.3, -0.25) is 19.7 Å². The van der Waals surface area contributed by atoms with Crippen LogP contribution in [0.4, 0.5) is 11.5 Å². The average molecular weight is 296 g/mol. The van der Waals surface area contributed by atoms with Gasteiger partial charge in [0, 0.05) is 11.6 Å². The summed E-state index contributed by atoms with van der Waals surface area (Å²) in [5.41, 5.74) is 3.96. The van der Waals surface area contributed by atoms with E-state index in [1.165, 1.54) is 4.90 Å². The van der Waals surface area contributed by atoms with E-state index in [-0.39, 0.29) is 11.4 Å². The lowest BCUT2D eigenvalue weighted by molar-refractivity contribution is -0.385. The first kappa shape index (κ1) is 16.3. The number of nitrogens with two attached hydrogens (primary N) is 1. The summed E-state index contributed by atoms with van der Waals surface area (Å²) in [5, 5.41) is 19.7. The molecule has 0 aliphatic heterocycles. The maximum atomic E-state index is 11.5. The molecule has 0 radical (unpaired) electrons. The van der Waals surface area contributed by atoms with E-state index in [2.05, 4.69) is 4.98 Å². The second-order valence-corrected chi connectivity index (χ2v) is 5.34. The number of primary amides is 1. The van der Waals surface area contributed by atoms with Gasteiger partial charge in [0.1, 0.15) is 18.6 Å². The topological polar surface area (TPSA) is 140 Å². The van der Waals surface area contributed by atoms with E-state index in [0.717, 1.165) is 12.3 Å². The van der Waals surface area contributed by atoms with Crippen molar-refractivity contribution < 1.29 is 19.6 Å². The largest absolute Gasteiger partial charge is 0.480 e. The number of nitrogens with zero attached hydrogens (tertiary/aromatic N) is 3. The van der Waals surface area contributed by atoms with Crippen molar-refractivity contribution in [3.63, 3.8) is 0 Å². The molecule has 1 aromatic heterocycles. The van der Waals surface area contributed by atoms with Crippen LogP contribution in [0.3, 0.4) is 0 Å². The second-order valence-electron chi connectivity index (χ2n) is 5.34. The van der Waals surface area contributed by atoms with Crippen LogP contribution in [-0.4, -0.2) is 39.0 Å². The van der Waals surface area contributed by atoms with Gasteiger partial charge < -0.3 is 15.7 Å². The molecule has 21 heavy (non-hydrogen) atoms. The van der Waals surface area contributed by atoms with E-state index >= 15 is 0 Å². The standard InChI is InChI=1S/C12H16N4O5/c1-12(2,3)15(6-9(17)18)11-8(10(13)19)4-7(5-14-11)16(20)21/h4-5H,6H2,1-3H3,(H2,13,19)(H,17,18). The zero-order chi connectivity index (χ0) is 16.4. The van der Waals surface area contributed by atoms with Crippen LogP contribution in [0, 0.1) is 10.1 Å². The van der Waals surface area contributed by atoms with Crippen molar-refractivity contribution in [1.82, 2.24) is 4.98 Å². The number of carbonyl (C=O) groups excluding carboxylic acids is 1. The van der Waals surface area contributed by atoms with Crippen LogP contribution in [0.5, 0.6) is 0 Å². The van der Waals surface area contributed by atoms with Gasteiger partial charge in [0.25, 0.3) is 11.6 Å². The lowest BCUT2D eigenvalue weighted by Gasteiger charge is -2.36. The van der Waals surface area contributed by atoms with Gasteiger partial charge in [0.2, 0.25) is 0 Å². The molecular formula is C12H16N4O5. The molecule has 0 aliphatic rings. The van der Waals surface area contributed by atoms with E-state index in [1.54, 1.807) is 20.8 Å². The number of aliphatic carboxylic acids is 1. The van der Waals surface area contributed by atoms with Crippen LogP contribution in [0.2, 0.25) is 0 Å². The van der Waals surface area contributed by atoms with E-state index in [9.17, 15) is 19.7 Å². The van der Waals surface area contributed by atoms with Crippen molar-refractivity contribution >= 4 is 23.4 Å². The highest BCUT2D eigenvalue weighted by Crippen LogP contribution is 2.27. The summed E-state index contributed by atoms with van der Waals surface area (Å²) in [6.45, 7) is 4.76. The van der Waals surface area contributed by atoms with Crippen LogP contribution in [0.25, 0.3) is 0 Å². The third-order valence-corrected chi connectivity index (χ3v) is 2.69. The third-order valence-electron chi connectivity index (χ3n) is 2.69. The van der Waals surface area contributed by atoms with Crippen molar-refractivity contribution in [2.24, 2.45) is 5.73 Å². The molecule has 0 aromatic carbocycles. The lowest BCUT2D eigenvalue weighted by Crippen LogP contribution is -2.46. The number of hydrogen-bond acceptors (Lipinski definition) is 6. The SMILES string of the molecule is CC(C)(C)N(CC(=O)O)c1ncc([N+](=O)[O-])cc1C(N)=O. The highest BCUT2D eigenvalue weighted by Gasteiger charge is 2.29. The van der Waals surface area contributed by atoms with Crippen molar-refractivity contribution in [3.05, 3.63) is 27.9 Å². The highest BCUT2D eigenvalue weighted by atomic mass is 16.6. The van der Waals surface area contributed by atoms with Gasteiger partial charge in [-0.2, -0.15) is 0 Å². The van der Waals surface area contributed by atoms with E-state index in [1.807, 2.05) is 0 Å². The number of pyridine rings is 1. The van der Waals surface area contributed by atoms with Gasteiger partial charge in [-0.15, -0.1) is 0 Å². The minimum absolute atomic E-state index is 0.00278. The lowest BCUT2D eigenvalue weighted by atomic mass is 10.0. The Balaban J connectivity index is 3.47. The molecule has 1 aromatic rings. The summed E-state index contributed by atoms with van der Waals surface area (Å²) < 4.78 is 0. The number of carboxylic acids is 1. The fourth-order valence-corrected chi connectivity index (χ4v) is 1.71. The van der Waals surface area contributed by atoms with Crippen molar-refractivity contribution in [2.75, 3.05) is 11.4 Å². The molecule has 0 saturated carbocycles. The van der Waals surface area contributed by atoms with Crippen molar-refractivity contribution in [3.8, 4) is 0 Å². The second kappa shape index (κ2) is 5.73. The Morgan fingerprint density at radius 2 is 2.05 bits per heavy atom. The molecular weight excluding hydrogens is 280 g/mol. The monoisotopic (exact) mass is 296 g/mol. The number of carboxylic acid groups (broad SMARTS) is 1. The van der Waals surface area contributed by atoms with Crippen molar-refractivity contribution in [2.45, 2.75) is 26.3 Å². The molecule has 1 heterocycles. The maximum Gasteiger partial charge on any atom is 0.323 e. The van der Waals surface area contributed by atoms with Gasteiger partial charge in [0.05, 0.1) is 10.5 Å². The summed E-state index contributed by atoms with van der Waals surface area (Å²) in [7, 11) is 0. The molecule has 9 heteroatoms. The smallest absolute Gasteiger partial charge is 0.323 e. The Kier molecular flexibility index (Phi) is 4.46. The normalized spacial score (nSPS) is 11.0. The number of anilines is 1. The third kappa shape index (κ3) is 3.88. The summed E-state index contributed by atoms with van der Waals surface area (Å²) in [4.78, 5) is 37.7. The van der Waals surface area contributed by atoms with Crippen LogP contribution in [0.1, 0.15) is 31.1 Å². The molecule has 0 fully saturated rings. The molecule has 1 rings (SSSR count). The average Bonchev–Trinajstić information content (AvgIpc) is 2.33. The zero-order valence-corrected chi connectivity index (χ0v) is 11.9. The highest BCUT2D eigenvalue weighted by molar-refractivity contribution is 5.98. The molecule has 0 aliphatic carbocycles. The first-order valence-corrected chi connectivity index (χ1v) is 5.97. The summed E-state index contributed by atoms with van der Waals surface area (Å²) >= 11 is 0. The summed E-state index contributed by atoms with van der Waals surface area (Å²) in [5.74, 6) is -2.04.